The van der Waals surface area contributed by atoms with Crippen LogP contribution in [0.25, 0.3) is 0 Å². The van der Waals surface area contributed by atoms with Gasteiger partial charge in [-0.2, -0.15) is 0 Å². The first-order valence-electron chi connectivity index (χ1n) is 7.71. The van der Waals surface area contributed by atoms with Gasteiger partial charge in [-0.1, -0.05) is 12.1 Å². The van der Waals surface area contributed by atoms with E-state index in [0.717, 1.165) is 13.1 Å². The molecule has 1 fully saturated rings. The van der Waals surface area contributed by atoms with Crippen LogP contribution in [0.4, 0.5) is 5.69 Å². The van der Waals surface area contributed by atoms with Gasteiger partial charge in [-0.05, 0) is 45.3 Å². The number of hydrogen-bond donors (Lipinski definition) is 2. The third-order valence-corrected chi connectivity index (χ3v) is 4.49. The number of nitro groups is 1. The molecule has 8 heteroatoms. The molecule has 1 aliphatic heterocycles. The van der Waals surface area contributed by atoms with Gasteiger partial charge in [0.1, 0.15) is 5.60 Å². The third kappa shape index (κ3) is 4.23. The highest BCUT2D eigenvalue weighted by atomic mass is 35.5. The summed E-state index contributed by atoms with van der Waals surface area (Å²) in [7, 11) is 1.55. The molecule has 7 nitrogen and oxygen atoms in total. The lowest BCUT2D eigenvalue weighted by Gasteiger charge is -2.35. The number of carbonyl (C=O) groups excluding carboxylic acids is 1. The Bertz CT molecular complexity index is 603. The molecule has 1 amide bonds. The van der Waals surface area contributed by atoms with Crippen molar-refractivity contribution in [1.82, 2.24) is 10.6 Å². The van der Waals surface area contributed by atoms with Gasteiger partial charge in [-0.3, -0.25) is 14.9 Å². The molecule has 24 heavy (non-hydrogen) atoms. The maximum absolute atomic E-state index is 12.6. The standard InChI is InChI=1S/C16H23N3O4.ClH/c1-11-4-5-13(10-14(11)19(21)22)12(2)18-15(20)16(23-3)6-8-17-9-7-16;/h4-5,10,12,17H,6-9H2,1-3H3,(H,18,20);1H. The molecule has 1 aromatic carbocycles. The van der Waals surface area contributed by atoms with E-state index in [4.69, 9.17) is 4.74 Å². The van der Waals surface area contributed by atoms with E-state index in [0.29, 0.717) is 24.0 Å². The SMILES string of the molecule is COC1(C(=O)NC(C)c2ccc(C)c([N+](=O)[O-])c2)CCNCC1.Cl. The summed E-state index contributed by atoms with van der Waals surface area (Å²) in [4.78, 5) is 23.3. The molecule has 0 aliphatic carbocycles. The smallest absolute Gasteiger partial charge is 0.272 e. The lowest BCUT2D eigenvalue weighted by molar-refractivity contribution is -0.385. The van der Waals surface area contributed by atoms with E-state index < -0.39 is 10.5 Å². The fourth-order valence-electron chi connectivity index (χ4n) is 2.86. The molecular weight excluding hydrogens is 334 g/mol. The van der Waals surface area contributed by atoms with Crippen molar-refractivity contribution >= 4 is 24.0 Å². The maximum Gasteiger partial charge on any atom is 0.272 e. The second-order valence-electron chi connectivity index (χ2n) is 5.95. The van der Waals surface area contributed by atoms with Crippen molar-refractivity contribution < 1.29 is 14.5 Å². The second-order valence-corrected chi connectivity index (χ2v) is 5.95. The number of nitro benzene ring substituents is 1. The monoisotopic (exact) mass is 357 g/mol. The average molecular weight is 358 g/mol. The Kier molecular flexibility index (Phi) is 7.13. The van der Waals surface area contributed by atoms with Crippen molar-refractivity contribution in [2.75, 3.05) is 20.2 Å². The van der Waals surface area contributed by atoms with Gasteiger partial charge in [0.15, 0.2) is 0 Å². The van der Waals surface area contributed by atoms with Gasteiger partial charge in [0.25, 0.3) is 11.6 Å². The zero-order valence-electron chi connectivity index (χ0n) is 14.1. The van der Waals surface area contributed by atoms with Crippen molar-refractivity contribution in [2.24, 2.45) is 0 Å². The Balaban J connectivity index is 0.00000288. The minimum Gasteiger partial charge on any atom is -0.368 e. The maximum atomic E-state index is 12.6. The van der Waals surface area contributed by atoms with E-state index in [-0.39, 0.29) is 30.0 Å². The highest BCUT2D eigenvalue weighted by Crippen LogP contribution is 2.26. The zero-order chi connectivity index (χ0) is 17.0. The van der Waals surface area contributed by atoms with Gasteiger partial charge >= 0.3 is 0 Å². The van der Waals surface area contributed by atoms with E-state index in [1.54, 1.807) is 26.2 Å². The largest absolute Gasteiger partial charge is 0.368 e. The molecule has 1 atom stereocenters. The lowest BCUT2D eigenvalue weighted by Crippen LogP contribution is -2.54. The molecular formula is C16H24ClN3O4. The molecule has 1 aliphatic rings. The van der Waals surface area contributed by atoms with Gasteiger partial charge in [-0.25, -0.2) is 0 Å². The summed E-state index contributed by atoms with van der Waals surface area (Å²) in [6.45, 7) is 4.97. The summed E-state index contributed by atoms with van der Waals surface area (Å²) in [5.41, 5.74) is 0.544. The number of aryl methyl sites for hydroxylation is 1. The van der Waals surface area contributed by atoms with Gasteiger partial charge in [0.2, 0.25) is 0 Å². The predicted molar refractivity (Wildman–Crippen MR) is 93.5 cm³/mol. The molecule has 1 aromatic rings. The van der Waals surface area contributed by atoms with E-state index in [1.807, 2.05) is 6.92 Å². The van der Waals surface area contributed by atoms with Crippen LogP contribution in [-0.2, 0) is 9.53 Å². The number of methoxy groups -OCH3 is 1. The molecule has 0 bridgehead atoms. The number of hydrogen-bond acceptors (Lipinski definition) is 5. The summed E-state index contributed by atoms with van der Waals surface area (Å²) in [6, 6.07) is 4.69. The van der Waals surface area contributed by atoms with Crippen molar-refractivity contribution in [1.29, 1.82) is 0 Å². The van der Waals surface area contributed by atoms with Crippen molar-refractivity contribution in [3.8, 4) is 0 Å². The number of ether oxygens (including phenoxy) is 1. The van der Waals surface area contributed by atoms with Crippen molar-refractivity contribution in [3.05, 3.63) is 39.4 Å². The molecule has 0 saturated carbocycles. The molecule has 0 radical (unpaired) electrons. The molecule has 0 aromatic heterocycles. The Hall–Kier alpha value is -1.70. The van der Waals surface area contributed by atoms with Crippen LogP contribution in [0.3, 0.4) is 0 Å². The van der Waals surface area contributed by atoms with Crippen LogP contribution in [-0.4, -0.2) is 36.6 Å². The summed E-state index contributed by atoms with van der Waals surface area (Å²) >= 11 is 0. The predicted octanol–water partition coefficient (Wildman–Crippen LogP) is 2.27. The van der Waals surface area contributed by atoms with E-state index in [1.165, 1.54) is 6.07 Å². The first-order valence-corrected chi connectivity index (χ1v) is 7.71. The number of benzene rings is 1. The van der Waals surface area contributed by atoms with Gasteiger partial charge in [0, 0.05) is 18.7 Å². The fourth-order valence-corrected chi connectivity index (χ4v) is 2.86. The van der Waals surface area contributed by atoms with Crippen LogP contribution in [0, 0.1) is 17.0 Å². The molecule has 134 valence electrons. The summed E-state index contributed by atoms with van der Waals surface area (Å²) in [6.07, 6.45) is 1.21. The summed E-state index contributed by atoms with van der Waals surface area (Å²) < 4.78 is 5.50. The highest BCUT2D eigenvalue weighted by molar-refractivity contribution is 5.86. The Morgan fingerprint density at radius 2 is 2.04 bits per heavy atom. The minimum atomic E-state index is -0.823. The van der Waals surface area contributed by atoms with Gasteiger partial charge < -0.3 is 15.4 Å². The molecule has 2 N–H and O–H groups in total. The lowest BCUT2D eigenvalue weighted by atomic mass is 9.90. The number of piperidine rings is 1. The number of halogens is 1. The van der Waals surface area contributed by atoms with E-state index >= 15 is 0 Å². The fraction of sp³-hybridized carbons (Fsp3) is 0.562. The number of nitrogens with one attached hydrogen (secondary N) is 2. The number of rotatable bonds is 5. The number of nitrogens with zero attached hydrogens (tertiary/aromatic N) is 1. The molecule has 0 spiro atoms. The Morgan fingerprint density at radius 1 is 1.42 bits per heavy atom. The van der Waals surface area contributed by atoms with Gasteiger partial charge in [0.05, 0.1) is 11.0 Å². The minimum absolute atomic E-state index is 0. The van der Waals surface area contributed by atoms with Crippen molar-refractivity contribution in [2.45, 2.75) is 38.3 Å². The first kappa shape index (κ1) is 20.3. The van der Waals surface area contributed by atoms with E-state index in [2.05, 4.69) is 10.6 Å². The topological polar surface area (TPSA) is 93.5 Å². The van der Waals surface area contributed by atoms with Crippen LogP contribution in [0.5, 0.6) is 0 Å². The number of carbonyl (C=O) groups is 1. The third-order valence-electron chi connectivity index (χ3n) is 4.49. The highest BCUT2D eigenvalue weighted by Gasteiger charge is 2.40. The van der Waals surface area contributed by atoms with Gasteiger partial charge in [-0.15, -0.1) is 12.4 Å². The molecule has 1 saturated heterocycles. The molecule has 2 rings (SSSR count). The summed E-state index contributed by atoms with van der Waals surface area (Å²) in [5.74, 6) is -0.169. The van der Waals surface area contributed by atoms with Crippen LogP contribution in [0.1, 0.15) is 36.9 Å². The Morgan fingerprint density at radius 3 is 2.58 bits per heavy atom. The quantitative estimate of drug-likeness (QED) is 0.622. The van der Waals surface area contributed by atoms with Crippen molar-refractivity contribution in [3.63, 3.8) is 0 Å². The molecule has 1 heterocycles. The normalized spacial score (nSPS) is 17.5. The Labute approximate surface area is 147 Å². The number of amides is 1. The zero-order valence-corrected chi connectivity index (χ0v) is 14.9. The second kappa shape index (κ2) is 8.41. The first-order chi connectivity index (χ1) is 10.9. The summed E-state index contributed by atoms with van der Waals surface area (Å²) in [5, 5.41) is 17.2. The van der Waals surface area contributed by atoms with Crippen LogP contribution < -0.4 is 10.6 Å². The van der Waals surface area contributed by atoms with Crippen LogP contribution >= 0.6 is 12.4 Å². The molecule has 1 unspecified atom stereocenters. The average Bonchev–Trinajstić information content (AvgIpc) is 2.55. The van der Waals surface area contributed by atoms with Crippen LogP contribution in [0.15, 0.2) is 18.2 Å². The van der Waals surface area contributed by atoms with E-state index in [9.17, 15) is 14.9 Å². The van der Waals surface area contributed by atoms with Crippen LogP contribution in [0.2, 0.25) is 0 Å².